The van der Waals surface area contributed by atoms with Crippen LogP contribution in [0.2, 0.25) is 0 Å². The molecule has 0 saturated carbocycles. The summed E-state index contributed by atoms with van der Waals surface area (Å²) in [5, 5.41) is 6.10. The molecule has 12 nitrogen and oxygen atoms in total. The fourth-order valence-electron chi connectivity index (χ4n) is 5.20. The summed E-state index contributed by atoms with van der Waals surface area (Å²) >= 11 is 0. The van der Waals surface area contributed by atoms with Crippen molar-refractivity contribution in [2.45, 2.75) is 39.2 Å². The van der Waals surface area contributed by atoms with Crippen molar-refractivity contribution in [3.63, 3.8) is 0 Å². The number of anilines is 5. The average Bonchev–Trinajstić information content (AvgIpc) is 3.03. The lowest BCUT2D eigenvalue weighted by molar-refractivity contribution is -0.111. The Kier molecular flexibility index (Phi) is 10.7. The fraction of sp³-hybridized carbons (Fsp3) is 0.406. The molecule has 0 radical (unpaired) electrons. The van der Waals surface area contributed by atoms with E-state index in [1.165, 1.54) is 19.3 Å². The fourth-order valence-corrected chi connectivity index (χ4v) is 5.20. The average molecular weight is 601 g/mol. The van der Waals surface area contributed by atoms with Gasteiger partial charge in [0.05, 0.1) is 30.7 Å². The van der Waals surface area contributed by atoms with Crippen molar-refractivity contribution >= 4 is 40.8 Å². The van der Waals surface area contributed by atoms with E-state index >= 15 is 0 Å². The summed E-state index contributed by atoms with van der Waals surface area (Å²) < 4.78 is 10.5. The molecule has 44 heavy (non-hydrogen) atoms. The number of aromatic nitrogens is 3. The first kappa shape index (κ1) is 30.9. The van der Waals surface area contributed by atoms with Gasteiger partial charge in [-0.15, -0.1) is 0 Å². The number of benzene rings is 1. The van der Waals surface area contributed by atoms with Gasteiger partial charge in [0.1, 0.15) is 6.61 Å². The van der Waals surface area contributed by atoms with Gasteiger partial charge in [-0.25, -0.2) is 19.7 Å². The highest BCUT2D eigenvalue weighted by atomic mass is 16.5. The number of rotatable bonds is 13. The second kappa shape index (κ2) is 15.3. The zero-order valence-electron chi connectivity index (χ0n) is 25.4. The minimum atomic E-state index is -0.213. The van der Waals surface area contributed by atoms with Crippen molar-refractivity contribution in [2.75, 3.05) is 62.0 Å². The maximum Gasteiger partial charge on any atom is 0.330 e. The Morgan fingerprint density at radius 1 is 1.05 bits per heavy atom. The van der Waals surface area contributed by atoms with Crippen molar-refractivity contribution < 1.29 is 19.1 Å². The van der Waals surface area contributed by atoms with Crippen molar-refractivity contribution in [3.05, 3.63) is 66.5 Å². The van der Waals surface area contributed by atoms with Gasteiger partial charge in [-0.1, -0.05) is 25.5 Å². The number of methoxy groups -OCH3 is 1. The number of hydrogen-bond donors (Lipinski definition) is 2. The van der Waals surface area contributed by atoms with Crippen LogP contribution in [0.4, 0.5) is 33.6 Å². The summed E-state index contributed by atoms with van der Waals surface area (Å²) in [6.07, 6.45) is 11.3. The lowest BCUT2D eigenvalue weighted by atomic mass is 10.1. The number of likely N-dealkylation sites (tertiary alicyclic amines) is 1. The Morgan fingerprint density at radius 2 is 1.91 bits per heavy atom. The van der Waals surface area contributed by atoms with Crippen molar-refractivity contribution in [1.29, 1.82) is 0 Å². The molecule has 0 spiro atoms. The third kappa shape index (κ3) is 8.08. The monoisotopic (exact) mass is 600 g/mol. The van der Waals surface area contributed by atoms with E-state index in [0.29, 0.717) is 61.0 Å². The molecule has 2 aliphatic rings. The number of hydrogen-bond acceptors (Lipinski definition) is 9. The lowest BCUT2D eigenvalue weighted by Crippen LogP contribution is -2.45. The number of amides is 3. The first-order chi connectivity index (χ1) is 21.5. The van der Waals surface area contributed by atoms with Crippen molar-refractivity contribution in [3.8, 4) is 5.88 Å². The molecule has 12 heteroatoms. The van der Waals surface area contributed by atoms with Gasteiger partial charge in [0, 0.05) is 49.8 Å². The molecule has 0 atom stereocenters. The molecule has 1 fully saturated rings. The standard InChI is InChI=1S/C32H40N8O4/c1-3-14-39-23-24-21-34-31(36-26-12-13-29(33-22-26)44-19-18-43-2)37-30(24)40(32(39)42)27-10-7-9-25(20-27)35-28(41)11-8-17-38-15-5-4-6-16-38/h7-13,20-22H,3-6,14-19,23H2,1-2H3,(H,35,41)(H,34,36,37)/b11-8+. The zero-order valence-corrected chi connectivity index (χ0v) is 25.4. The highest BCUT2D eigenvalue weighted by Gasteiger charge is 2.33. The molecule has 4 heterocycles. The number of fused-ring (bicyclic) bond motifs is 1. The molecule has 1 aromatic carbocycles. The highest BCUT2D eigenvalue weighted by Crippen LogP contribution is 2.35. The van der Waals surface area contributed by atoms with E-state index in [1.807, 2.05) is 37.3 Å². The molecule has 1 saturated heterocycles. The molecule has 3 amide bonds. The van der Waals surface area contributed by atoms with Gasteiger partial charge < -0.3 is 25.0 Å². The predicted octanol–water partition coefficient (Wildman–Crippen LogP) is 5.10. The number of ether oxygens (including phenoxy) is 2. The summed E-state index contributed by atoms with van der Waals surface area (Å²) in [6, 6.07) is 10.6. The largest absolute Gasteiger partial charge is 0.475 e. The van der Waals surface area contributed by atoms with Crippen LogP contribution in [0, 0.1) is 0 Å². The minimum Gasteiger partial charge on any atom is -0.475 e. The summed E-state index contributed by atoms with van der Waals surface area (Å²) in [5.74, 6) is 1.08. The predicted molar refractivity (Wildman–Crippen MR) is 170 cm³/mol. The first-order valence-corrected chi connectivity index (χ1v) is 15.1. The van der Waals surface area contributed by atoms with Crippen LogP contribution in [-0.2, 0) is 16.1 Å². The van der Waals surface area contributed by atoms with Gasteiger partial charge in [0.2, 0.25) is 17.7 Å². The molecule has 0 aliphatic carbocycles. The van der Waals surface area contributed by atoms with Crippen LogP contribution in [0.25, 0.3) is 0 Å². The van der Waals surface area contributed by atoms with Gasteiger partial charge in [0.15, 0.2) is 5.82 Å². The summed E-state index contributed by atoms with van der Waals surface area (Å²) in [4.78, 5) is 45.7. The van der Waals surface area contributed by atoms with Crippen LogP contribution in [0.3, 0.4) is 0 Å². The summed E-state index contributed by atoms with van der Waals surface area (Å²) in [6.45, 7) is 6.82. The molecule has 2 N–H and O–H groups in total. The molecule has 0 bridgehead atoms. The SMILES string of the molecule is CCCN1Cc2cnc(Nc3ccc(OCCOC)nc3)nc2N(c2cccc(NC(=O)/C=C/CN3CCCCC3)c2)C1=O. The number of nitrogens with one attached hydrogen (secondary N) is 2. The number of carbonyl (C=O) groups is 2. The van der Waals surface area contributed by atoms with Crippen LogP contribution in [-0.4, -0.2) is 83.2 Å². The topological polar surface area (TPSA) is 125 Å². The second-order valence-electron chi connectivity index (χ2n) is 10.7. The van der Waals surface area contributed by atoms with Crippen LogP contribution in [0.5, 0.6) is 5.88 Å². The molecule has 232 valence electrons. The summed E-state index contributed by atoms with van der Waals surface area (Å²) in [5.41, 5.74) is 2.67. The van der Waals surface area contributed by atoms with E-state index in [4.69, 9.17) is 14.5 Å². The minimum absolute atomic E-state index is 0.187. The van der Waals surface area contributed by atoms with Gasteiger partial charge >= 0.3 is 6.03 Å². The Balaban J connectivity index is 1.33. The Hall–Kier alpha value is -4.55. The zero-order chi connectivity index (χ0) is 30.7. The van der Waals surface area contributed by atoms with Crippen LogP contribution in [0.1, 0.15) is 38.2 Å². The summed E-state index contributed by atoms with van der Waals surface area (Å²) in [7, 11) is 1.61. The second-order valence-corrected chi connectivity index (χ2v) is 10.7. The van der Waals surface area contributed by atoms with Gasteiger partial charge in [0.25, 0.3) is 0 Å². The molecule has 3 aromatic rings. The first-order valence-electron chi connectivity index (χ1n) is 15.1. The molecule has 5 rings (SSSR count). The third-order valence-electron chi connectivity index (χ3n) is 7.35. The number of carbonyl (C=O) groups excluding carboxylic acids is 2. The smallest absolute Gasteiger partial charge is 0.330 e. The van der Waals surface area contributed by atoms with Crippen LogP contribution < -0.4 is 20.3 Å². The molecule has 2 aliphatic heterocycles. The Bertz CT molecular complexity index is 1440. The van der Waals surface area contributed by atoms with Crippen LogP contribution in [0.15, 0.2) is 60.9 Å². The lowest BCUT2D eigenvalue weighted by Gasteiger charge is -2.36. The van der Waals surface area contributed by atoms with Crippen LogP contribution >= 0.6 is 0 Å². The maximum absolute atomic E-state index is 13.8. The molecule has 2 aromatic heterocycles. The molecule has 0 unspecified atom stereocenters. The van der Waals surface area contributed by atoms with Gasteiger partial charge in [-0.2, -0.15) is 4.98 Å². The Morgan fingerprint density at radius 3 is 2.68 bits per heavy atom. The quantitative estimate of drug-likeness (QED) is 0.204. The van der Waals surface area contributed by atoms with E-state index in [1.54, 1.807) is 47.5 Å². The Labute approximate surface area is 258 Å². The highest BCUT2D eigenvalue weighted by molar-refractivity contribution is 6.03. The molecular formula is C32H40N8O4. The van der Waals surface area contributed by atoms with Gasteiger partial charge in [-0.05, 0) is 56.6 Å². The maximum atomic E-state index is 13.8. The van der Waals surface area contributed by atoms with E-state index in [-0.39, 0.29) is 11.9 Å². The van der Waals surface area contributed by atoms with Crippen molar-refractivity contribution in [1.82, 2.24) is 24.8 Å². The van der Waals surface area contributed by atoms with Gasteiger partial charge in [-0.3, -0.25) is 9.69 Å². The number of pyridine rings is 1. The third-order valence-corrected chi connectivity index (χ3v) is 7.35. The van der Waals surface area contributed by atoms with E-state index < -0.39 is 0 Å². The number of urea groups is 1. The van der Waals surface area contributed by atoms with Crippen molar-refractivity contribution in [2.24, 2.45) is 0 Å². The van der Waals surface area contributed by atoms with E-state index in [0.717, 1.165) is 31.6 Å². The van der Waals surface area contributed by atoms with E-state index in [2.05, 4.69) is 25.5 Å². The number of piperidine rings is 1. The molecular weight excluding hydrogens is 560 g/mol. The normalized spacial score (nSPS) is 15.4. The number of nitrogens with zero attached hydrogens (tertiary/aromatic N) is 6. The van der Waals surface area contributed by atoms with E-state index in [9.17, 15) is 9.59 Å².